The molecule has 29 heavy (non-hydrogen) atoms. The van der Waals surface area contributed by atoms with Crippen molar-refractivity contribution in [3.8, 4) is 0 Å². The molecular formula is C20H38N4O5. The van der Waals surface area contributed by atoms with Crippen molar-refractivity contribution in [2.45, 2.75) is 85.5 Å². The van der Waals surface area contributed by atoms with E-state index >= 15 is 0 Å². The summed E-state index contributed by atoms with van der Waals surface area (Å²) in [6.45, 7) is 12.4. The lowest BCUT2D eigenvalue weighted by Gasteiger charge is -2.26. The molecule has 0 radical (unpaired) electrons. The van der Waals surface area contributed by atoms with Gasteiger partial charge in [0.25, 0.3) is 0 Å². The Kier molecular flexibility index (Phi) is 11.5. The lowest BCUT2D eigenvalue weighted by Crippen LogP contribution is -2.57. The molecule has 168 valence electrons. The normalized spacial score (nSPS) is 16.5. The van der Waals surface area contributed by atoms with Crippen molar-refractivity contribution in [1.29, 1.82) is 0 Å². The van der Waals surface area contributed by atoms with Gasteiger partial charge in [-0.25, -0.2) is 4.79 Å². The van der Waals surface area contributed by atoms with Gasteiger partial charge in [-0.1, -0.05) is 48.0 Å². The highest BCUT2D eigenvalue weighted by atomic mass is 16.4. The third-order valence-electron chi connectivity index (χ3n) is 4.88. The average Bonchev–Trinajstić information content (AvgIpc) is 2.62. The van der Waals surface area contributed by atoms with E-state index in [0.29, 0.717) is 6.42 Å². The van der Waals surface area contributed by atoms with Crippen molar-refractivity contribution < 1.29 is 24.3 Å². The maximum absolute atomic E-state index is 12.7. The van der Waals surface area contributed by atoms with Gasteiger partial charge in [0.2, 0.25) is 17.7 Å². The van der Waals surface area contributed by atoms with Crippen LogP contribution in [0.25, 0.3) is 0 Å². The second-order valence-electron chi connectivity index (χ2n) is 8.40. The minimum absolute atomic E-state index is 0.0357. The molecule has 0 aromatic heterocycles. The number of carboxylic acid groups (broad SMARTS) is 1. The van der Waals surface area contributed by atoms with E-state index in [0.717, 1.165) is 6.42 Å². The van der Waals surface area contributed by atoms with Gasteiger partial charge in [0.15, 0.2) is 0 Å². The minimum atomic E-state index is -1.14. The molecule has 0 aromatic rings. The molecule has 0 aliphatic rings. The Hall–Kier alpha value is -2.16. The summed E-state index contributed by atoms with van der Waals surface area (Å²) in [5.74, 6) is -2.90. The number of aliphatic carboxylic acids is 1. The molecule has 0 spiro atoms. The third-order valence-corrected chi connectivity index (χ3v) is 4.88. The first kappa shape index (κ1) is 26.8. The first-order valence-corrected chi connectivity index (χ1v) is 10.2. The minimum Gasteiger partial charge on any atom is -0.480 e. The number of carbonyl (C=O) groups is 4. The van der Waals surface area contributed by atoms with Gasteiger partial charge in [0.05, 0.1) is 6.04 Å². The summed E-state index contributed by atoms with van der Waals surface area (Å²) in [7, 11) is 0. The Morgan fingerprint density at radius 2 is 1.41 bits per heavy atom. The number of hydrogen-bond donors (Lipinski definition) is 5. The molecule has 9 heteroatoms. The summed E-state index contributed by atoms with van der Waals surface area (Å²) >= 11 is 0. The van der Waals surface area contributed by atoms with Gasteiger partial charge in [-0.05, 0) is 31.1 Å². The fourth-order valence-electron chi connectivity index (χ4n) is 2.65. The maximum Gasteiger partial charge on any atom is 0.326 e. The average molecular weight is 415 g/mol. The molecule has 5 unspecified atom stereocenters. The van der Waals surface area contributed by atoms with Crippen LogP contribution in [0, 0.1) is 17.8 Å². The largest absolute Gasteiger partial charge is 0.480 e. The predicted molar refractivity (Wildman–Crippen MR) is 111 cm³/mol. The Bertz CT molecular complexity index is 579. The summed E-state index contributed by atoms with van der Waals surface area (Å²) in [5.41, 5.74) is 5.95. The molecule has 0 saturated heterocycles. The van der Waals surface area contributed by atoms with Crippen LogP contribution in [0.3, 0.4) is 0 Å². The number of nitrogens with one attached hydrogen (secondary N) is 3. The first-order valence-electron chi connectivity index (χ1n) is 10.2. The van der Waals surface area contributed by atoms with Crippen LogP contribution >= 0.6 is 0 Å². The van der Waals surface area contributed by atoms with Crippen molar-refractivity contribution >= 4 is 23.7 Å². The van der Waals surface area contributed by atoms with Crippen molar-refractivity contribution in [1.82, 2.24) is 16.0 Å². The van der Waals surface area contributed by atoms with E-state index < -0.39 is 47.9 Å². The number of amides is 3. The zero-order chi connectivity index (χ0) is 22.9. The molecule has 0 saturated carbocycles. The van der Waals surface area contributed by atoms with Crippen molar-refractivity contribution in [3.63, 3.8) is 0 Å². The number of rotatable bonds is 12. The SMILES string of the molecule is CCC(C)C(N)C(=O)NC(CC(C)C)C(=O)NC(C)C(=O)NC(C(=O)O)C(C)C. The van der Waals surface area contributed by atoms with Crippen molar-refractivity contribution in [3.05, 3.63) is 0 Å². The highest BCUT2D eigenvalue weighted by Crippen LogP contribution is 2.09. The molecule has 6 N–H and O–H groups in total. The van der Waals surface area contributed by atoms with Crippen LogP contribution < -0.4 is 21.7 Å². The van der Waals surface area contributed by atoms with E-state index in [1.165, 1.54) is 6.92 Å². The molecule has 0 rings (SSSR count). The van der Waals surface area contributed by atoms with Crippen LogP contribution in [0.15, 0.2) is 0 Å². The number of carbonyl (C=O) groups excluding carboxylic acids is 3. The topological polar surface area (TPSA) is 151 Å². The molecule has 3 amide bonds. The van der Waals surface area contributed by atoms with Gasteiger partial charge in [-0.15, -0.1) is 0 Å². The van der Waals surface area contributed by atoms with Crippen LogP contribution in [0.4, 0.5) is 0 Å². The van der Waals surface area contributed by atoms with Crippen LogP contribution in [0.2, 0.25) is 0 Å². The molecule has 0 heterocycles. The highest BCUT2D eigenvalue weighted by Gasteiger charge is 2.30. The summed E-state index contributed by atoms with van der Waals surface area (Å²) in [4.78, 5) is 48.6. The Balaban J connectivity index is 5.10. The Morgan fingerprint density at radius 3 is 1.83 bits per heavy atom. The highest BCUT2D eigenvalue weighted by molar-refractivity contribution is 5.93. The van der Waals surface area contributed by atoms with Gasteiger partial charge >= 0.3 is 5.97 Å². The van der Waals surface area contributed by atoms with E-state index in [9.17, 15) is 24.3 Å². The molecular weight excluding hydrogens is 376 g/mol. The fourth-order valence-corrected chi connectivity index (χ4v) is 2.65. The number of hydrogen-bond acceptors (Lipinski definition) is 5. The van der Waals surface area contributed by atoms with Gasteiger partial charge in [0, 0.05) is 0 Å². The molecule has 9 nitrogen and oxygen atoms in total. The summed E-state index contributed by atoms with van der Waals surface area (Å²) in [5, 5.41) is 16.9. The van der Waals surface area contributed by atoms with Crippen LogP contribution in [-0.4, -0.2) is 53.0 Å². The molecule has 0 fully saturated rings. The first-order chi connectivity index (χ1) is 13.3. The number of nitrogens with two attached hydrogens (primary N) is 1. The maximum atomic E-state index is 12.7. The summed E-state index contributed by atoms with van der Waals surface area (Å²) in [6, 6.07) is -3.58. The second kappa shape index (κ2) is 12.4. The van der Waals surface area contributed by atoms with Crippen LogP contribution in [-0.2, 0) is 19.2 Å². The second-order valence-corrected chi connectivity index (χ2v) is 8.40. The molecule has 0 aliphatic heterocycles. The summed E-state index contributed by atoms with van der Waals surface area (Å²) in [6.07, 6.45) is 1.11. The van der Waals surface area contributed by atoms with E-state index in [1.807, 2.05) is 27.7 Å². The lowest BCUT2D eigenvalue weighted by atomic mass is 9.97. The molecule has 0 bridgehead atoms. The Labute approximate surface area is 173 Å². The quantitative estimate of drug-likeness (QED) is 0.316. The fraction of sp³-hybridized carbons (Fsp3) is 0.800. The van der Waals surface area contributed by atoms with E-state index in [2.05, 4.69) is 16.0 Å². The molecule has 0 aliphatic carbocycles. The lowest BCUT2D eigenvalue weighted by molar-refractivity contribution is -0.143. The van der Waals surface area contributed by atoms with Crippen molar-refractivity contribution in [2.75, 3.05) is 0 Å². The van der Waals surface area contributed by atoms with Crippen LogP contribution in [0.5, 0.6) is 0 Å². The van der Waals surface area contributed by atoms with E-state index in [1.54, 1.807) is 13.8 Å². The van der Waals surface area contributed by atoms with Gasteiger partial charge in [-0.2, -0.15) is 0 Å². The molecule has 5 atom stereocenters. The molecule has 0 aromatic carbocycles. The third kappa shape index (κ3) is 9.25. The zero-order valence-electron chi connectivity index (χ0n) is 18.6. The van der Waals surface area contributed by atoms with Gasteiger partial charge in [0.1, 0.15) is 18.1 Å². The smallest absolute Gasteiger partial charge is 0.326 e. The van der Waals surface area contributed by atoms with Crippen molar-refractivity contribution in [2.24, 2.45) is 23.5 Å². The van der Waals surface area contributed by atoms with Crippen LogP contribution in [0.1, 0.15) is 61.3 Å². The number of carboxylic acids is 1. The zero-order valence-corrected chi connectivity index (χ0v) is 18.6. The summed E-state index contributed by atoms with van der Waals surface area (Å²) < 4.78 is 0. The standard InChI is InChI=1S/C20H38N4O5/c1-8-12(6)15(21)19(27)23-14(9-10(2)3)18(26)22-13(7)17(25)24-16(11(4)5)20(28)29/h10-16H,8-9,21H2,1-7H3,(H,22,26)(H,23,27)(H,24,25)(H,28,29). The predicted octanol–water partition coefficient (Wildman–Crippen LogP) is 0.621. The Morgan fingerprint density at radius 1 is 0.862 bits per heavy atom. The van der Waals surface area contributed by atoms with E-state index in [-0.39, 0.29) is 17.8 Å². The van der Waals surface area contributed by atoms with Gasteiger partial charge in [-0.3, -0.25) is 14.4 Å². The van der Waals surface area contributed by atoms with Gasteiger partial charge < -0.3 is 26.8 Å². The monoisotopic (exact) mass is 414 g/mol. The van der Waals surface area contributed by atoms with E-state index in [4.69, 9.17) is 5.73 Å².